The highest BCUT2D eigenvalue weighted by atomic mass is 32.2. The normalized spacial score (nSPS) is 21.5. The molecule has 0 N–H and O–H groups in total. The van der Waals surface area contributed by atoms with E-state index in [1.54, 1.807) is 10.4 Å². The van der Waals surface area contributed by atoms with Crippen LogP contribution in [0, 0.1) is 5.92 Å². The molecule has 0 saturated carbocycles. The van der Waals surface area contributed by atoms with Crippen molar-refractivity contribution in [3.8, 4) is 0 Å². The maximum Gasteiger partial charge on any atom is 0.243 e. The van der Waals surface area contributed by atoms with Crippen molar-refractivity contribution in [2.75, 3.05) is 13.1 Å². The summed E-state index contributed by atoms with van der Waals surface area (Å²) in [5.41, 5.74) is 2.55. The highest BCUT2D eigenvalue weighted by molar-refractivity contribution is 7.89. The maximum absolute atomic E-state index is 12.6. The molecule has 0 atom stereocenters. The molecule has 0 unspecified atom stereocenters. The molecule has 0 bridgehead atoms. The van der Waals surface area contributed by atoms with Crippen molar-refractivity contribution < 1.29 is 8.42 Å². The van der Waals surface area contributed by atoms with Crippen LogP contribution >= 0.6 is 0 Å². The largest absolute Gasteiger partial charge is 0.243 e. The standard InChI is InChI=1S/C15H21NO2S/c1-12-7-9-16(10-8-12)19(17,18)15-6-5-13-3-2-4-14(13)11-15/h5-6,11-12H,2-4,7-10H2,1H3. The quantitative estimate of drug-likeness (QED) is 0.834. The summed E-state index contributed by atoms with van der Waals surface area (Å²) in [6.45, 7) is 3.53. The molecule has 4 heteroatoms. The number of nitrogens with zero attached hydrogens (tertiary/aromatic N) is 1. The van der Waals surface area contributed by atoms with Crippen molar-refractivity contribution in [2.45, 2.75) is 43.9 Å². The lowest BCUT2D eigenvalue weighted by Crippen LogP contribution is -2.37. The molecule has 1 aliphatic carbocycles. The maximum atomic E-state index is 12.6. The fourth-order valence-corrected chi connectivity index (χ4v) is 4.60. The number of benzene rings is 1. The summed E-state index contributed by atoms with van der Waals surface area (Å²) >= 11 is 0. The van der Waals surface area contributed by atoms with Gasteiger partial charge in [0.15, 0.2) is 0 Å². The summed E-state index contributed by atoms with van der Waals surface area (Å²) in [6, 6.07) is 5.69. The number of hydrogen-bond donors (Lipinski definition) is 0. The van der Waals surface area contributed by atoms with Crippen LogP contribution in [-0.4, -0.2) is 25.8 Å². The molecule has 104 valence electrons. The van der Waals surface area contributed by atoms with Gasteiger partial charge in [-0.3, -0.25) is 0 Å². The number of fused-ring (bicyclic) bond motifs is 1. The van der Waals surface area contributed by atoms with E-state index in [9.17, 15) is 8.42 Å². The zero-order valence-corrected chi connectivity index (χ0v) is 12.2. The number of rotatable bonds is 2. The topological polar surface area (TPSA) is 37.4 Å². The van der Waals surface area contributed by atoms with Crippen LogP contribution in [0.2, 0.25) is 0 Å². The lowest BCUT2D eigenvalue weighted by atomic mass is 10.0. The summed E-state index contributed by atoms with van der Waals surface area (Å²) in [5, 5.41) is 0. The predicted molar refractivity (Wildman–Crippen MR) is 75.6 cm³/mol. The van der Waals surface area contributed by atoms with Crippen molar-refractivity contribution in [3.05, 3.63) is 29.3 Å². The second-order valence-corrected chi connectivity index (χ2v) is 7.81. The molecule has 0 radical (unpaired) electrons. The first kappa shape index (κ1) is 13.1. The third kappa shape index (κ3) is 2.43. The summed E-state index contributed by atoms with van der Waals surface area (Å²) < 4.78 is 26.9. The number of piperidine rings is 1. The Balaban J connectivity index is 1.88. The number of aryl methyl sites for hydroxylation is 2. The van der Waals surface area contributed by atoms with Crippen molar-refractivity contribution in [1.29, 1.82) is 0 Å². The molecule has 19 heavy (non-hydrogen) atoms. The first-order valence-corrected chi connectivity index (χ1v) is 8.63. The van der Waals surface area contributed by atoms with Crippen LogP contribution in [-0.2, 0) is 22.9 Å². The average Bonchev–Trinajstić information content (AvgIpc) is 2.86. The summed E-state index contributed by atoms with van der Waals surface area (Å²) in [7, 11) is -3.27. The third-order valence-corrected chi connectivity index (χ3v) is 6.34. The minimum Gasteiger partial charge on any atom is -0.207 e. The Labute approximate surface area is 115 Å². The molecule has 3 rings (SSSR count). The van der Waals surface area contributed by atoms with E-state index in [1.165, 1.54) is 11.1 Å². The van der Waals surface area contributed by atoms with Crippen molar-refractivity contribution in [2.24, 2.45) is 5.92 Å². The van der Waals surface area contributed by atoms with E-state index in [-0.39, 0.29) is 0 Å². The van der Waals surface area contributed by atoms with E-state index in [2.05, 4.69) is 6.92 Å². The Bertz CT molecular complexity index is 572. The second kappa shape index (κ2) is 4.91. The molecule has 0 spiro atoms. The summed E-state index contributed by atoms with van der Waals surface area (Å²) in [6.07, 6.45) is 5.22. The third-order valence-electron chi connectivity index (χ3n) is 4.45. The summed E-state index contributed by atoms with van der Waals surface area (Å²) in [4.78, 5) is 0.489. The molecule has 1 saturated heterocycles. The number of hydrogen-bond acceptors (Lipinski definition) is 2. The van der Waals surface area contributed by atoms with Crippen LogP contribution in [0.1, 0.15) is 37.3 Å². The SMILES string of the molecule is CC1CCN(S(=O)(=O)c2ccc3c(c2)CCC3)CC1. The zero-order valence-electron chi connectivity index (χ0n) is 11.4. The Hall–Kier alpha value is -0.870. The lowest BCUT2D eigenvalue weighted by molar-refractivity contribution is 0.288. The van der Waals surface area contributed by atoms with Gasteiger partial charge in [0.1, 0.15) is 0 Å². The van der Waals surface area contributed by atoms with E-state index in [1.807, 2.05) is 12.1 Å². The van der Waals surface area contributed by atoms with Crippen LogP contribution in [0.25, 0.3) is 0 Å². The number of sulfonamides is 1. The van der Waals surface area contributed by atoms with E-state index < -0.39 is 10.0 Å². The van der Waals surface area contributed by atoms with Gasteiger partial charge in [0, 0.05) is 13.1 Å². The van der Waals surface area contributed by atoms with Crippen LogP contribution < -0.4 is 0 Å². The van der Waals surface area contributed by atoms with Gasteiger partial charge in [-0.25, -0.2) is 8.42 Å². The van der Waals surface area contributed by atoms with Gasteiger partial charge in [-0.05, 0) is 61.3 Å². The molecule has 0 amide bonds. The molecular weight excluding hydrogens is 258 g/mol. The fourth-order valence-electron chi connectivity index (χ4n) is 3.08. The highest BCUT2D eigenvalue weighted by Gasteiger charge is 2.28. The Morgan fingerprint density at radius 1 is 1.11 bits per heavy atom. The molecule has 3 nitrogen and oxygen atoms in total. The van der Waals surface area contributed by atoms with Gasteiger partial charge >= 0.3 is 0 Å². The van der Waals surface area contributed by atoms with E-state index >= 15 is 0 Å². The van der Waals surface area contributed by atoms with Gasteiger partial charge in [-0.2, -0.15) is 4.31 Å². The van der Waals surface area contributed by atoms with Crippen LogP contribution in [0.4, 0.5) is 0 Å². The molecule has 1 aromatic carbocycles. The van der Waals surface area contributed by atoms with Crippen molar-refractivity contribution in [1.82, 2.24) is 4.31 Å². The second-order valence-electron chi connectivity index (χ2n) is 5.87. The Morgan fingerprint density at radius 3 is 2.53 bits per heavy atom. The Morgan fingerprint density at radius 2 is 1.79 bits per heavy atom. The molecular formula is C15H21NO2S. The van der Waals surface area contributed by atoms with Gasteiger partial charge in [-0.15, -0.1) is 0 Å². The Kier molecular flexibility index (Phi) is 3.39. The monoisotopic (exact) mass is 279 g/mol. The van der Waals surface area contributed by atoms with E-state index in [0.717, 1.165) is 32.1 Å². The average molecular weight is 279 g/mol. The first-order chi connectivity index (χ1) is 9.07. The minimum absolute atomic E-state index is 0.489. The molecule has 1 fully saturated rings. The molecule has 1 aromatic rings. The van der Waals surface area contributed by atoms with Crippen LogP contribution in [0.3, 0.4) is 0 Å². The van der Waals surface area contributed by atoms with E-state index in [0.29, 0.717) is 23.9 Å². The van der Waals surface area contributed by atoms with Crippen molar-refractivity contribution >= 4 is 10.0 Å². The zero-order chi connectivity index (χ0) is 13.5. The smallest absolute Gasteiger partial charge is 0.207 e. The molecule has 1 heterocycles. The van der Waals surface area contributed by atoms with Gasteiger partial charge in [0.05, 0.1) is 4.90 Å². The summed E-state index contributed by atoms with van der Waals surface area (Å²) in [5.74, 6) is 0.645. The highest BCUT2D eigenvalue weighted by Crippen LogP contribution is 2.28. The first-order valence-electron chi connectivity index (χ1n) is 7.19. The van der Waals surface area contributed by atoms with Gasteiger partial charge in [0.25, 0.3) is 0 Å². The lowest BCUT2D eigenvalue weighted by Gasteiger charge is -2.29. The fraction of sp³-hybridized carbons (Fsp3) is 0.600. The molecule has 2 aliphatic rings. The van der Waals surface area contributed by atoms with Gasteiger partial charge in [0.2, 0.25) is 10.0 Å². The van der Waals surface area contributed by atoms with E-state index in [4.69, 9.17) is 0 Å². The van der Waals surface area contributed by atoms with Gasteiger partial charge < -0.3 is 0 Å². The van der Waals surface area contributed by atoms with Gasteiger partial charge in [-0.1, -0.05) is 13.0 Å². The molecule has 1 aliphatic heterocycles. The van der Waals surface area contributed by atoms with Crippen LogP contribution in [0.15, 0.2) is 23.1 Å². The molecule has 0 aromatic heterocycles. The van der Waals surface area contributed by atoms with Crippen LogP contribution in [0.5, 0.6) is 0 Å². The minimum atomic E-state index is -3.27. The van der Waals surface area contributed by atoms with Crippen molar-refractivity contribution in [3.63, 3.8) is 0 Å². The predicted octanol–water partition coefficient (Wildman–Crippen LogP) is 2.60.